The standard InChI is InChI=1S/C25H18BrNO/c1-17-24(25(28)19-7-3-2-4-8-19)22(21-9-5-6-10-23(21)27-17)16-13-18-11-14-20(26)15-12-18/h2-16H,1H3/b16-13+. The molecular formula is C25H18BrNO. The number of aryl methyl sites for hydroxylation is 1. The molecule has 1 aromatic heterocycles. The van der Waals surface area contributed by atoms with Crippen LogP contribution in [0.25, 0.3) is 23.1 Å². The van der Waals surface area contributed by atoms with Gasteiger partial charge in [-0.2, -0.15) is 0 Å². The highest BCUT2D eigenvalue weighted by Crippen LogP contribution is 2.28. The Bertz CT molecular complexity index is 1180. The number of fused-ring (bicyclic) bond motifs is 1. The highest BCUT2D eigenvalue weighted by molar-refractivity contribution is 9.10. The fraction of sp³-hybridized carbons (Fsp3) is 0.0400. The van der Waals surface area contributed by atoms with Crippen molar-refractivity contribution in [1.82, 2.24) is 4.98 Å². The minimum Gasteiger partial charge on any atom is -0.289 e. The van der Waals surface area contributed by atoms with Crippen LogP contribution in [0.4, 0.5) is 0 Å². The molecule has 0 spiro atoms. The molecule has 0 amide bonds. The molecule has 0 saturated heterocycles. The summed E-state index contributed by atoms with van der Waals surface area (Å²) in [6.45, 7) is 1.90. The molecule has 0 saturated carbocycles. The van der Waals surface area contributed by atoms with Crippen LogP contribution in [-0.2, 0) is 0 Å². The van der Waals surface area contributed by atoms with Crippen molar-refractivity contribution >= 4 is 44.8 Å². The third-order valence-electron chi connectivity index (χ3n) is 4.69. The summed E-state index contributed by atoms with van der Waals surface area (Å²) >= 11 is 3.46. The molecule has 1 heterocycles. The lowest BCUT2D eigenvalue weighted by Crippen LogP contribution is -2.08. The Morgan fingerprint density at radius 3 is 2.29 bits per heavy atom. The van der Waals surface area contributed by atoms with Crippen molar-refractivity contribution in [2.45, 2.75) is 6.92 Å². The second kappa shape index (κ2) is 7.91. The van der Waals surface area contributed by atoms with Gasteiger partial charge in [0.25, 0.3) is 0 Å². The maximum Gasteiger partial charge on any atom is 0.195 e. The van der Waals surface area contributed by atoms with Gasteiger partial charge in [0.1, 0.15) is 0 Å². The Morgan fingerprint density at radius 2 is 1.54 bits per heavy atom. The second-order valence-electron chi connectivity index (χ2n) is 6.58. The van der Waals surface area contributed by atoms with Gasteiger partial charge in [-0.3, -0.25) is 9.78 Å². The van der Waals surface area contributed by atoms with Crippen molar-refractivity contribution in [3.8, 4) is 0 Å². The average molecular weight is 428 g/mol. The van der Waals surface area contributed by atoms with E-state index in [-0.39, 0.29) is 5.78 Å². The van der Waals surface area contributed by atoms with Gasteiger partial charge in [-0.15, -0.1) is 0 Å². The molecule has 0 aliphatic rings. The highest BCUT2D eigenvalue weighted by Gasteiger charge is 2.18. The monoisotopic (exact) mass is 427 g/mol. The van der Waals surface area contributed by atoms with Crippen LogP contribution in [0, 0.1) is 6.92 Å². The van der Waals surface area contributed by atoms with E-state index in [1.54, 1.807) is 0 Å². The molecule has 0 aliphatic carbocycles. The third-order valence-corrected chi connectivity index (χ3v) is 5.22. The molecule has 0 atom stereocenters. The van der Waals surface area contributed by atoms with Crippen LogP contribution in [0.2, 0.25) is 0 Å². The SMILES string of the molecule is Cc1nc2ccccc2c(/C=C/c2ccc(Br)cc2)c1C(=O)c1ccccc1. The van der Waals surface area contributed by atoms with Gasteiger partial charge in [0.15, 0.2) is 5.78 Å². The number of para-hydroxylation sites is 1. The number of hydrogen-bond donors (Lipinski definition) is 0. The molecule has 136 valence electrons. The zero-order valence-corrected chi connectivity index (χ0v) is 17.0. The van der Waals surface area contributed by atoms with Crippen LogP contribution < -0.4 is 0 Å². The van der Waals surface area contributed by atoms with E-state index in [4.69, 9.17) is 0 Å². The van der Waals surface area contributed by atoms with Gasteiger partial charge >= 0.3 is 0 Å². The summed E-state index contributed by atoms with van der Waals surface area (Å²) in [5.41, 5.74) is 4.92. The van der Waals surface area contributed by atoms with Crippen LogP contribution in [0.1, 0.15) is 32.7 Å². The van der Waals surface area contributed by atoms with Gasteiger partial charge < -0.3 is 0 Å². The molecule has 3 heteroatoms. The predicted octanol–water partition coefficient (Wildman–Crippen LogP) is 6.71. The number of nitrogens with zero attached hydrogens (tertiary/aromatic N) is 1. The van der Waals surface area contributed by atoms with E-state index in [9.17, 15) is 4.79 Å². The van der Waals surface area contributed by atoms with Gasteiger partial charge in [0.2, 0.25) is 0 Å². The van der Waals surface area contributed by atoms with Crippen molar-refractivity contribution in [3.63, 3.8) is 0 Å². The first-order chi connectivity index (χ1) is 13.6. The summed E-state index contributed by atoms with van der Waals surface area (Å²) in [6.07, 6.45) is 4.06. The van der Waals surface area contributed by atoms with Gasteiger partial charge in [-0.1, -0.05) is 88.7 Å². The quantitative estimate of drug-likeness (QED) is 0.338. The van der Waals surface area contributed by atoms with Crippen LogP contribution in [0.3, 0.4) is 0 Å². The molecule has 2 nitrogen and oxygen atoms in total. The highest BCUT2D eigenvalue weighted by atomic mass is 79.9. The summed E-state index contributed by atoms with van der Waals surface area (Å²) in [5, 5.41) is 0.973. The van der Waals surface area contributed by atoms with Gasteiger partial charge in [-0.25, -0.2) is 0 Å². The fourth-order valence-electron chi connectivity index (χ4n) is 3.31. The lowest BCUT2D eigenvalue weighted by Gasteiger charge is -2.12. The zero-order valence-electron chi connectivity index (χ0n) is 15.4. The number of aromatic nitrogens is 1. The van der Waals surface area contributed by atoms with Crippen molar-refractivity contribution in [3.05, 3.63) is 111 Å². The summed E-state index contributed by atoms with van der Waals surface area (Å²) in [7, 11) is 0. The van der Waals surface area contributed by atoms with Gasteiger partial charge in [-0.05, 0) is 36.2 Å². The van der Waals surface area contributed by atoms with E-state index in [1.165, 1.54) is 0 Å². The molecule has 0 fully saturated rings. The molecule has 0 radical (unpaired) electrons. The summed E-state index contributed by atoms with van der Waals surface area (Å²) < 4.78 is 1.04. The predicted molar refractivity (Wildman–Crippen MR) is 119 cm³/mol. The lowest BCUT2D eigenvalue weighted by molar-refractivity contribution is 0.103. The number of halogens is 1. The topological polar surface area (TPSA) is 30.0 Å². The van der Waals surface area contributed by atoms with Crippen LogP contribution in [-0.4, -0.2) is 10.8 Å². The van der Waals surface area contributed by atoms with E-state index in [2.05, 4.69) is 20.9 Å². The van der Waals surface area contributed by atoms with Crippen molar-refractivity contribution in [2.24, 2.45) is 0 Å². The summed E-state index contributed by atoms with van der Waals surface area (Å²) in [4.78, 5) is 18.0. The molecular weight excluding hydrogens is 410 g/mol. The largest absolute Gasteiger partial charge is 0.289 e. The number of hydrogen-bond acceptors (Lipinski definition) is 2. The van der Waals surface area contributed by atoms with E-state index in [1.807, 2.05) is 97.9 Å². The number of carbonyl (C=O) groups is 1. The van der Waals surface area contributed by atoms with Crippen molar-refractivity contribution in [1.29, 1.82) is 0 Å². The Hall–Kier alpha value is -3.04. The van der Waals surface area contributed by atoms with E-state index < -0.39 is 0 Å². The first kappa shape index (κ1) is 18.3. The van der Waals surface area contributed by atoms with E-state index in [0.717, 1.165) is 32.2 Å². The average Bonchev–Trinajstić information content (AvgIpc) is 2.73. The molecule has 0 bridgehead atoms. The Kier molecular flexibility index (Phi) is 5.18. The first-order valence-corrected chi connectivity index (χ1v) is 9.85. The molecule has 4 rings (SSSR count). The Balaban J connectivity index is 1.91. The summed E-state index contributed by atoms with van der Waals surface area (Å²) in [5.74, 6) is -0.00758. The fourth-order valence-corrected chi connectivity index (χ4v) is 3.58. The van der Waals surface area contributed by atoms with Crippen LogP contribution in [0.5, 0.6) is 0 Å². The number of pyridine rings is 1. The maximum absolute atomic E-state index is 13.3. The number of benzene rings is 3. The van der Waals surface area contributed by atoms with E-state index >= 15 is 0 Å². The molecule has 0 aliphatic heterocycles. The molecule has 3 aromatic carbocycles. The van der Waals surface area contributed by atoms with Crippen LogP contribution in [0.15, 0.2) is 83.3 Å². The first-order valence-electron chi connectivity index (χ1n) is 9.06. The molecule has 0 unspecified atom stereocenters. The normalized spacial score (nSPS) is 11.2. The number of carbonyl (C=O) groups excluding carboxylic acids is 1. The smallest absolute Gasteiger partial charge is 0.195 e. The Morgan fingerprint density at radius 1 is 0.857 bits per heavy atom. The van der Waals surface area contributed by atoms with Crippen molar-refractivity contribution in [2.75, 3.05) is 0 Å². The molecule has 28 heavy (non-hydrogen) atoms. The van der Waals surface area contributed by atoms with E-state index in [0.29, 0.717) is 11.1 Å². The van der Waals surface area contributed by atoms with Crippen LogP contribution >= 0.6 is 15.9 Å². The molecule has 4 aromatic rings. The summed E-state index contributed by atoms with van der Waals surface area (Å²) in [6, 6.07) is 25.4. The van der Waals surface area contributed by atoms with Gasteiger partial charge in [0.05, 0.1) is 11.1 Å². The lowest BCUT2D eigenvalue weighted by atomic mass is 9.93. The number of ketones is 1. The maximum atomic E-state index is 13.3. The third kappa shape index (κ3) is 3.67. The zero-order chi connectivity index (χ0) is 19.5. The Labute approximate surface area is 172 Å². The van der Waals surface area contributed by atoms with Gasteiger partial charge in [0, 0.05) is 21.1 Å². The minimum atomic E-state index is -0.00758. The second-order valence-corrected chi connectivity index (χ2v) is 7.50. The minimum absolute atomic E-state index is 0.00758. The number of rotatable bonds is 4. The molecule has 0 N–H and O–H groups in total. The van der Waals surface area contributed by atoms with Crippen molar-refractivity contribution < 1.29 is 4.79 Å².